The van der Waals surface area contributed by atoms with Gasteiger partial charge in [-0.05, 0) is 44.5 Å². The molecule has 0 saturated carbocycles. The molecule has 0 aromatic heterocycles. The second kappa shape index (κ2) is 5.93. The second-order valence-electron chi connectivity index (χ2n) is 5.13. The van der Waals surface area contributed by atoms with E-state index in [1.807, 2.05) is 6.92 Å². The molecule has 1 amide bonds. The Labute approximate surface area is 119 Å². The quantitative estimate of drug-likeness (QED) is 0.877. The fourth-order valence-electron chi connectivity index (χ4n) is 2.54. The molecule has 0 spiro atoms. The molecule has 2 rings (SSSR count). The highest BCUT2D eigenvalue weighted by atomic mass is 32.2. The van der Waals surface area contributed by atoms with Crippen LogP contribution in [0.3, 0.4) is 0 Å². The molecule has 0 radical (unpaired) electrons. The van der Waals surface area contributed by atoms with Crippen LogP contribution < -0.4 is 10.0 Å². The van der Waals surface area contributed by atoms with Gasteiger partial charge in [-0.3, -0.25) is 4.79 Å². The van der Waals surface area contributed by atoms with Gasteiger partial charge in [0.05, 0.1) is 10.3 Å². The summed E-state index contributed by atoms with van der Waals surface area (Å²) in [6, 6.07) is 7.98. The molecule has 1 fully saturated rings. The molecule has 20 heavy (non-hydrogen) atoms. The number of piperidine rings is 1. The van der Waals surface area contributed by atoms with E-state index in [2.05, 4.69) is 10.0 Å². The van der Waals surface area contributed by atoms with Crippen LogP contribution in [-0.4, -0.2) is 27.4 Å². The van der Waals surface area contributed by atoms with Crippen molar-refractivity contribution >= 4 is 15.9 Å². The molecule has 1 heterocycles. The maximum atomic E-state index is 12.4. The zero-order valence-corrected chi connectivity index (χ0v) is 12.4. The van der Waals surface area contributed by atoms with E-state index in [4.69, 9.17) is 0 Å². The molecular weight excluding hydrogens is 276 g/mol. The van der Waals surface area contributed by atoms with Gasteiger partial charge >= 0.3 is 0 Å². The van der Waals surface area contributed by atoms with E-state index in [-0.39, 0.29) is 10.8 Å². The van der Waals surface area contributed by atoms with E-state index < -0.39 is 15.4 Å². The summed E-state index contributed by atoms with van der Waals surface area (Å²) in [7, 11) is -3.78. The molecule has 6 heteroatoms. The predicted octanol–water partition coefficient (Wildman–Crippen LogP) is 1.27. The lowest BCUT2D eigenvalue weighted by Crippen LogP contribution is -2.48. The van der Waals surface area contributed by atoms with Gasteiger partial charge in [-0.15, -0.1) is 0 Å². The fourth-order valence-corrected chi connectivity index (χ4v) is 3.63. The third-order valence-electron chi connectivity index (χ3n) is 4.00. The highest BCUT2D eigenvalue weighted by molar-refractivity contribution is 7.90. The lowest BCUT2D eigenvalue weighted by molar-refractivity contribution is -0.130. The van der Waals surface area contributed by atoms with Gasteiger partial charge in [-0.25, -0.2) is 13.1 Å². The molecule has 1 aliphatic rings. The molecule has 0 atom stereocenters. The number of hydrogen-bond donors (Lipinski definition) is 2. The number of sulfonamides is 1. The monoisotopic (exact) mass is 296 g/mol. The van der Waals surface area contributed by atoms with Crippen LogP contribution in [-0.2, 0) is 14.8 Å². The predicted molar refractivity (Wildman–Crippen MR) is 76.6 cm³/mol. The molecule has 0 unspecified atom stereocenters. The summed E-state index contributed by atoms with van der Waals surface area (Å²) in [6.07, 6.45) is 1.98. The van der Waals surface area contributed by atoms with E-state index >= 15 is 0 Å². The van der Waals surface area contributed by atoms with Gasteiger partial charge in [-0.1, -0.05) is 25.1 Å². The Morgan fingerprint density at radius 2 is 1.85 bits per heavy atom. The van der Waals surface area contributed by atoms with Crippen molar-refractivity contribution in [3.8, 4) is 0 Å². The lowest BCUT2D eigenvalue weighted by atomic mass is 9.76. The molecule has 1 aliphatic heterocycles. The number of hydrogen-bond acceptors (Lipinski definition) is 4. The molecule has 0 bridgehead atoms. The number of carbonyl (C=O) groups is 1. The van der Waals surface area contributed by atoms with Crippen LogP contribution in [0.2, 0.25) is 0 Å². The first-order chi connectivity index (χ1) is 9.50. The van der Waals surface area contributed by atoms with E-state index in [0.717, 1.165) is 13.1 Å². The molecule has 1 aromatic carbocycles. The Balaban J connectivity index is 2.18. The molecule has 1 saturated heterocycles. The smallest absolute Gasteiger partial charge is 0.264 e. The van der Waals surface area contributed by atoms with Crippen molar-refractivity contribution < 1.29 is 13.2 Å². The highest BCUT2D eigenvalue weighted by Gasteiger charge is 2.39. The van der Waals surface area contributed by atoms with Crippen molar-refractivity contribution in [1.29, 1.82) is 0 Å². The number of benzene rings is 1. The van der Waals surface area contributed by atoms with E-state index in [9.17, 15) is 13.2 Å². The maximum absolute atomic E-state index is 12.4. The van der Waals surface area contributed by atoms with Crippen molar-refractivity contribution in [2.24, 2.45) is 5.41 Å². The number of rotatable bonds is 4. The summed E-state index contributed by atoms with van der Waals surface area (Å²) < 4.78 is 26.6. The first-order valence-electron chi connectivity index (χ1n) is 6.83. The number of nitrogens with one attached hydrogen (secondary N) is 2. The topological polar surface area (TPSA) is 75.3 Å². The molecule has 0 aliphatic carbocycles. The highest BCUT2D eigenvalue weighted by Crippen LogP contribution is 2.33. The van der Waals surface area contributed by atoms with Crippen LogP contribution >= 0.6 is 0 Å². The second-order valence-corrected chi connectivity index (χ2v) is 6.81. The lowest BCUT2D eigenvalue weighted by Gasteiger charge is -2.35. The van der Waals surface area contributed by atoms with Crippen LogP contribution in [0.4, 0.5) is 0 Å². The van der Waals surface area contributed by atoms with Gasteiger partial charge < -0.3 is 5.32 Å². The van der Waals surface area contributed by atoms with Crippen molar-refractivity contribution in [3.63, 3.8) is 0 Å². The average molecular weight is 296 g/mol. The Morgan fingerprint density at radius 3 is 2.40 bits per heavy atom. The third kappa shape index (κ3) is 3.02. The molecule has 5 nitrogen and oxygen atoms in total. The van der Waals surface area contributed by atoms with Crippen LogP contribution in [0.15, 0.2) is 35.2 Å². The van der Waals surface area contributed by atoms with Crippen LogP contribution in [0.1, 0.15) is 26.2 Å². The molecular formula is C14H20N2O3S. The molecule has 2 N–H and O–H groups in total. The summed E-state index contributed by atoms with van der Waals surface area (Å²) in [5, 5.41) is 3.19. The number of amides is 1. The van der Waals surface area contributed by atoms with Crippen LogP contribution in [0.25, 0.3) is 0 Å². The Morgan fingerprint density at radius 1 is 1.25 bits per heavy atom. The first kappa shape index (κ1) is 15.0. The zero-order valence-electron chi connectivity index (χ0n) is 11.6. The van der Waals surface area contributed by atoms with Crippen LogP contribution in [0, 0.1) is 5.41 Å². The normalized spacial score (nSPS) is 18.4. The summed E-state index contributed by atoms with van der Waals surface area (Å²) in [5.74, 6) is -0.384. The minimum Gasteiger partial charge on any atom is -0.317 e. The minimum absolute atomic E-state index is 0.119. The summed E-state index contributed by atoms with van der Waals surface area (Å²) >= 11 is 0. The SMILES string of the molecule is CCC1(C(=O)NS(=O)(=O)c2ccccc2)CCNCC1. The third-order valence-corrected chi connectivity index (χ3v) is 5.35. The fraction of sp³-hybridized carbons (Fsp3) is 0.500. The first-order valence-corrected chi connectivity index (χ1v) is 8.31. The van der Waals surface area contributed by atoms with Gasteiger partial charge in [0.2, 0.25) is 5.91 Å². The Kier molecular flexibility index (Phi) is 4.45. The van der Waals surface area contributed by atoms with Gasteiger partial charge in [-0.2, -0.15) is 0 Å². The largest absolute Gasteiger partial charge is 0.317 e. The van der Waals surface area contributed by atoms with Crippen molar-refractivity contribution in [2.75, 3.05) is 13.1 Å². The standard InChI is InChI=1S/C14H20N2O3S/c1-2-14(8-10-15-11-9-14)13(17)16-20(18,19)12-6-4-3-5-7-12/h3-7,15H,2,8-11H2,1H3,(H,16,17). The van der Waals surface area contributed by atoms with E-state index in [1.165, 1.54) is 12.1 Å². The minimum atomic E-state index is -3.78. The van der Waals surface area contributed by atoms with Gasteiger partial charge in [0, 0.05) is 0 Å². The number of carbonyl (C=O) groups excluding carboxylic acids is 1. The Hall–Kier alpha value is -1.40. The van der Waals surface area contributed by atoms with Crippen molar-refractivity contribution in [3.05, 3.63) is 30.3 Å². The summed E-state index contributed by atoms with van der Waals surface area (Å²) in [6.45, 7) is 3.42. The zero-order chi connectivity index (χ0) is 14.6. The van der Waals surface area contributed by atoms with Crippen molar-refractivity contribution in [1.82, 2.24) is 10.0 Å². The Bertz CT molecular complexity index is 563. The maximum Gasteiger partial charge on any atom is 0.264 e. The van der Waals surface area contributed by atoms with Crippen molar-refractivity contribution in [2.45, 2.75) is 31.1 Å². The van der Waals surface area contributed by atoms with Gasteiger partial charge in [0.15, 0.2) is 0 Å². The van der Waals surface area contributed by atoms with Gasteiger partial charge in [0.1, 0.15) is 0 Å². The van der Waals surface area contributed by atoms with Gasteiger partial charge in [0.25, 0.3) is 10.0 Å². The molecule has 1 aromatic rings. The van der Waals surface area contributed by atoms with E-state index in [0.29, 0.717) is 19.3 Å². The van der Waals surface area contributed by atoms with E-state index in [1.54, 1.807) is 18.2 Å². The molecule has 110 valence electrons. The summed E-state index contributed by atoms with van der Waals surface area (Å²) in [5.41, 5.74) is -0.576. The summed E-state index contributed by atoms with van der Waals surface area (Å²) in [4.78, 5) is 12.5. The average Bonchev–Trinajstić information content (AvgIpc) is 2.48. The van der Waals surface area contributed by atoms with Crippen LogP contribution in [0.5, 0.6) is 0 Å².